The monoisotopic (exact) mass is 442 g/mol. The molecular formula is C19H28BrClN2OSi. The second-order valence-corrected chi connectivity index (χ2v) is 14.7. The maximum Gasteiger partial charge on any atom is 0.192 e. The number of hydrogen-bond acceptors (Lipinski definition) is 2. The Morgan fingerprint density at radius 2 is 1.88 bits per heavy atom. The van der Waals surface area contributed by atoms with Crippen molar-refractivity contribution in [2.75, 3.05) is 0 Å². The summed E-state index contributed by atoms with van der Waals surface area (Å²) in [6.07, 6.45) is 9.01. The van der Waals surface area contributed by atoms with Crippen LogP contribution in [0.3, 0.4) is 0 Å². The van der Waals surface area contributed by atoms with Gasteiger partial charge in [-0.25, -0.2) is 4.98 Å². The minimum absolute atomic E-state index is 0.273. The lowest BCUT2D eigenvalue weighted by atomic mass is 9.93. The number of fused-ring (bicyclic) bond motifs is 1. The molecule has 0 N–H and O–H groups in total. The van der Waals surface area contributed by atoms with Crippen molar-refractivity contribution < 1.29 is 4.43 Å². The molecule has 1 aliphatic carbocycles. The van der Waals surface area contributed by atoms with Crippen molar-refractivity contribution in [2.45, 2.75) is 76.7 Å². The molecule has 0 amide bonds. The first kappa shape index (κ1) is 19.4. The third-order valence-electron chi connectivity index (χ3n) is 5.94. The molecule has 3 nitrogen and oxygen atoms in total. The molecule has 0 spiro atoms. The van der Waals surface area contributed by atoms with Crippen LogP contribution in [0.25, 0.3) is 10.9 Å². The van der Waals surface area contributed by atoms with Crippen molar-refractivity contribution in [3.63, 3.8) is 0 Å². The van der Waals surface area contributed by atoms with Gasteiger partial charge in [-0.15, -0.1) is 0 Å². The van der Waals surface area contributed by atoms with Gasteiger partial charge in [0, 0.05) is 34.4 Å². The topological polar surface area (TPSA) is 27.1 Å². The largest absolute Gasteiger partial charge is 0.414 e. The molecule has 0 unspecified atom stereocenters. The predicted octanol–water partition coefficient (Wildman–Crippen LogP) is 6.96. The molecule has 0 aliphatic heterocycles. The maximum atomic E-state index is 6.63. The molecule has 0 aromatic carbocycles. The van der Waals surface area contributed by atoms with Gasteiger partial charge in [0.1, 0.15) is 5.15 Å². The minimum atomic E-state index is -1.68. The molecule has 1 saturated carbocycles. The van der Waals surface area contributed by atoms with Crippen LogP contribution in [-0.4, -0.2) is 24.0 Å². The van der Waals surface area contributed by atoms with Crippen LogP contribution in [0.2, 0.25) is 23.3 Å². The molecule has 1 fully saturated rings. The summed E-state index contributed by atoms with van der Waals surface area (Å²) in [6, 6.07) is 2.48. The van der Waals surface area contributed by atoms with E-state index in [9.17, 15) is 0 Å². The fourth-order valence-corrected chi connectivity index (χ4v) is 5.52. The number of rotatable bonds is 3. The fourth-order valence-electron chi connectivity index (χ4n) is 3.42. The first-order valence-electron chi connectivity index (χ1n) is 9.08. The molecule has 1 aliphatic rings. The highest BCUT2D eigenvalue weighted by atomic mass is 79.9. The zero-order chi connectivity index (χ0) is 18.4. The van der Waals surface area contributed by atoms with Gasteiger partial charge in [0.15, 0.2) is 8.32 Å². The van der Waals surface area contributed by atoms with Gasteiger partial charge in [-0.3, -0.25) is 0 Å². The van der Waals surface area contributed by atoms with E-state index in [1.54, 1.807) is 0 Å². The van der Waals surface area contributed by atoms with E-state index in [-0.39, 0.29) is 5.04 Å². The van der Waals surface area contributed by atoms with Crippen molar-refractivity contribution in [2.24, 2.45) is 0 Å². The van der Waals surface area contributed by atoms with Gasteiger partial charge in [-0.2, -0.15) is 0 Å². The Labute approximate surface area is 165 Å². The van der Waals surface area contributed by atoms with Crippen LogP contribution >= 0.6 is 27.5 Å². The van der Waals surface area contributed by atoms with Crippen molar-refractivity contribution in [1.29, 1.82) is 0 Å². The molecule has 2 aromatic heterocycles. The third kappa shape index (κ3) is 3.99. The molecule has 2 heterocycles. The quantitative estimate of drug-likeness (QED) is 0.379. The third-order valence-corrected chi connectivity index (χ3v) is 11.3. The number of nitrogens with zero attached hydrogens (tertiary/aromatic N) is 2. The van der Waals surface area contributed by atoms with Crippen molar-refractivity contribution in [1.82, 2.24) is 9.55 Å². The SMILES string of the molecule is CC(C)(C)[Si](C)(C)O[C@H]1CC[C@H](n2cc(Br)c3cnc(Cl)cc32)CC1. The molecule has 3 rings (SSSR count). The van der Waals surface area contributed by atoms with Crippen LogP contribution in [-0.2, 0) is 4.43 Å². The van der Waals surface area contributed by atoms with Gasteiger partial charge < -0.3 is 8.99 Å². The van der Waals surface area contributed by atoms with E-state index < -0.39 is 8.32 Å². The molecule has 0 atom stereocenters. The summed E-state index contributed by atoms with van der Waals surface area (Å²) >= 11 is 9.78. The summed E-state index contributed by atoms with van der Waals surface area (Å²) in [6.45, 7) is 11.6. The molecule has 0 radical (unpaired) electrons. The number of halogens is 2. The Morgan fingerprint density at radius 1 is 1.24 bits per heavy atom. The van der Waals surface area contributed by atoms with E-state index in [1.807, 2.05) is 12.3 Å². The Morgan fingerprint density at radius 3 is 2.48 bits per heavy atom. The fraction of sp³-hybridized carbons (Fsp3) is 0.632. The summed E-state index contributed by atoms with van der Waals surface area (Å²) < 4.78 is 10.1. The Balaban J connectivity index is 1.72. The number of hydrogen-bond donors (Lipinski definition) is 0. The van der Waals surface area contributed by atoms with E-state index >= 15 is 0 Å². The molecule has 6 heteroatoms. The minimum Gasteiger partial charge on any atom is -0.414 e. The smallest absolute Gasteiger partial charge is 0.192 e. The van der Waals surface area contributed by atoms with Crippen LogP contribution in [0.5, 0.6) is 0 Å². The highest BCUT2D eigenvalue weighted by Gasteiger charge is 2.40. The second kappa shape index (κ2) is 6.99. The average Bonchev–Trinajstić information content (AvgIpc) is 2.83. The van der Waals surface area contributed by atoms with Gasteiger partial charge in [-0.05, 0) is 65.8 Å². The van der Waals surface area contributed by atoms with E-state index in [0.717, 1.165) is 35.5 Å². The van der Waals surface area contributed by atoms with E-state index in [1.165, 1.54) is 5.52 Å². The van der Waals surface area contributed by atoms with Gasteiger partial charge >= 0.3 is 0 Å². The Kier molecular flexibility index (Phi) is 5.42. The molecule has 0 saturated heterocycles. The normalized spacial score (nSPS) is 22.5. The highest BCUT2D eigenvalue weighted by molar-refractivity contribution is 9.10. The summed E-state index contributed by atoms with van der Waals surface area (Å²) in [4.78, 5) is 4.21. The first-order valence-corrected chi connectivity index (χ1v) is 13.2. The van der Waals surface area contributed by atoms with Crippen LogP contribution in [0.4, 0.5) is 0 Å². The lowest BCUT2D eigenvalue weighted by Gasteiger charge is -2.41. The van der Waals surface area contributed by atoms with Crippen LogP contribution in [0.15, 0.2) is 22.9 Å². The summed E-state index contributed by atoms with van der Waals surface area (Å²) in [5.41, 5.74) is 1.17. The summed E-state index contributed by atoms with van der Waals surface area (Å²) in [7, 11) is -1.68. The molecule has 2 aromatic rings. The van der Waals surface area contributed by atoms with Gasteiger partial charge in [-0.1, -0.05) is 32.4 Å². The van der Waals surface area contributed by atoms with E-state index in [0.29, 0.717) is 17.3 Å². The lowest BCUT2D eigenvalue weighted by Crippen LogP contribution is -2.44. The van der Waals surface area contributed by atoms with Crippen LogP contribution < -0.4 is 0 Å². The van der Waals surface area contributed by atoms with E-state index in [4.69, 9.17) is 16.0 Å². The Bertz CT molecular complexity index is 761. The average molecular weight is 444 g/mol. The molecule has 138 valence electrons. The molecular weight excluding hydrogens is 416 g/mol. The van der Waals surface area contributed by atoms with Crippen LogP contribution in [0.1, 0.15) is 52.5 Å². The predicted molar refractivity (Wildman–Crippen MR) is 112 cm³/mol. The molecule has 0 bridgehead atoms. The zero-order valence-corrected chi connectivity index (χ0v) is 19.1. The zero-order valence-electron chi connectivity index (χ0n) is 15.8. The van der Waals surface area contributed by atoms with Crippen molar-refractivity contribution in [3.8, 4) is 0 Å². The standard InChI is InChI=1S/C19H28BrClN2OSi/c1-19(2,3)25(4,5)24-14-8-6-13(7-9-14)23-12-16(20)15-11-22-18(21)10-17(15)23/h10-14H,6-9H2,1-5H3/t13-,14-. The van der Waals surface area contributed by atoms with Crippen LogP contribution in [0, 0.1) is 0 Å². The summed E-state index contributed by atoms with van der Waals surface area (Å²) in [5, 5.41) is 1.95. The van der Waals surface area contributed by atoms with E-state index in [2.05, 4.69) is 65.5 Å². The van der Waals surface area contributed by atoms with Crippen molar-refractivity contribution in [3.05, 3.63) is 28.1 Å². The van der Waals surface area contributed by atoms with Crippen molar-refractivity contribution >= 4 is 46.8 Å². The maximum absolute atomic E-state index is 6.63. The lowest BCUT2D eigenvalue weighted by molar-refractivity contribution is 0.119. The highest BCUT2D eigenvalue weighted by Crippen LogP contribution is 2.41. The number of pyridine rings is 1. The first-order chi connectivity index (χ1) is 11.6. The van der Waals surface area contributed by atoms with Gasteiger partial charge in [0.25, 0.3) is 0 Å². The van der Waals surface area contributed by atoms with Gasteiger partial charge in [0.05, 0.1) is 5.52 Å². The Hall–Kier alpha value is -0.363. The molecule has 25 heavy (non-hydrogen) atoms. The summed E-state index contributed by atoms with van der Waals surface area (Å²) in [5.74, 6) is 0. The second-order valence-electron chi connectivity index (χ2n) is 8.72. The number of aromatic nitrogens is 2. The van der Waals surface area contributed by atoms with Gasteiger partial charge in [0.2, 0.25) is 0 Å².